The van der Waals surface area contributed by atoms with Gasteiger partial charge in [-0.15, -0.1) is 11.6 Å². The first-order valence-electron chi connectivity index (χ1n) is 5.04. The minimum atomic E-state index is -0.0432. The van der Waals surface area contributed by atoms with Crippen LogP contribution in [0.15, 0.2) is 24.3 Å². The van der Waals surface area contributed by atoms with E-state index < -0.39 is 0 Å². The zero-order chi connectivity index (χ0) is 10.7. The molecule has 2 N–H and O–H groups in total. The molecule has 1 aliphatic heterocycles. The quantitative estimate of drug-likeness (QED) is 0.601. The van der Waals surface area contributed by atoms with Crippen molar-refractivity contribution in [2.24, 2.45) is 0 Å². The highest BCUT2D eigenvalue weighted by Crippen LogP contribution is 2.25. The topological polar surface area (TPSA) is 41.5 Å². The van der Waals surface area contributed by atoms with Gasteiger partial charge in [-0.2, -0.15) is 0 Å². The second kappa shape index (κ2) is 4.73. The van der Waals surface area contributed by atoms with E-state index >= 15 is 0 Å². The van der Waals surface area contributed by atoms with Gasteiger partial charge in [0.2, 0.25) is 0 Å². The van der Waals surface area contributed by atoms with Crippen LogP contribution in [0.2, 0.25) is 0 Å². The Bertz CT molecular complexity index is 332. The fraction of sp³-hybridized carbons (Fsp3) is 0.455. The number of halogens is 1. The van der Waals surface area contributed by atoms with Gasteiger partial charge in [-0.05, 0) is 18.6 Å². The predicted molar refractivity (Wildman–Crippen MR) is 60.6 cm³/mol. The highest BCUT2D eigenvalue weighted by atomic mass is 35.5. The molecule has 2 atom stereocenters. The van der Waals surface area contributed by atoms with Gasteiger partial charge in [-0.3, -0.25) is 0 Å². The molecule has 0 bridgehead atoms. The highest BCUT2D eigenvalue weighted by Gasteiger charge is 2.23. The molecule has 4 heteroatoms. The SMILES string of the molecule is Oc1ccccc1NC1CCOCC1Cl. The molecule has 0 aliphatic carbocycles. The summed E-state index contributed by atoms with van der Waals surface area (Å²) in [5, 5.41) is 12.8. The fourth-order valence-corrected chi connectivity index (χ4v) is 1.94. The summed E-state index contributed by atoms with van der Waals surface area (Å²) in [7, 11) is 0. The summed E-state index contributed by atoms with van der Waals surface area (Å²) >= 11 is 6.12. The van der Waals surface area contributed by atoms with Crippen LogP contribution >= 0.6 is 11.6 Å². The van der Waals surface area contributed by atoms with Gasteiger partial charge < -0.3 is 15.2 Å². The van der Waals surface area contributed by atoms with Gasteiger partial charge in [0.1, 0.15) is 5.75 Å². The van der Waals surface area contributed by atoms with Crippen LogP contribution < -0.4 is 5.32 Å². The molecule has 1 heterocycles. The third-order valence-corrected chi connectivity index (χ3v) is 2.96. The largest absolute Gasteiger partial charge is 0.506 e. The Morgan fingerprint density at radius 3 is 2.93 bits per heavy atom. The van der Waals surface area contributed by atoms with E-state index in [1.165, 1.54) is 0 Å². The summed E-state index contributed by atoms with van der Waals surface area (Å²) in [5.74, 6) is 0.257. The highest BCUT2D eigenvalue weighted by molar-refractivity contribution is 6.21. The zero-order valence-electron chi connectivity index (χ0n) is 8.32. The van der Waals surface area contributed by atoms with Crippen LogP contribution in [0.1, 0.15) is 6.42 Å². The molecule has 0 aromatic heterocycles. The number of hydrogen-bond acceptors (Lipinski definition) is 3. The van der Waals surface area contributed by atoms with E-state index in [1.807, 2.05) is 12.1 Å². The lowest BCUT2D eigenvalue weighted by Crippen LogP contribution is -2.38. The van der Waals surface area contributed by atoms with Crippen molar-refractivity contribution in [3.63, 3.8) is 0 Å². The Morgan fingerprint density at radius 2 is 2.20 bits per heavy atom. The maximum Gasteiger partial charge on any atom is 0.138 e. The van der Waals surface area contributed by atoms with Crippen molar-refractivity contribution in [2.45, 2.75) is 17.8 Å². The zero-order valence-corrected chi connectivity index (χ0v) is 9.07. The van der Waals surface area contributed by atoms with E-state index in [0.29, 0.717) is 13.2 Å². The molecule has 3 nitrogen and oxygen atoms in total. The van der Waals surface area contributed by atoms with Gasteiger partial charge in [-0.25, -0.2) is 0 Å². The van der Waals surface area contributed by atoms with Crippen LogP contribution in [0.25, 0.3) is 0 Å². The standard InChI is InChI=1S/C11H14ClNO2/c12-8-7-15-6-5-9(8)13-10-3-1-2-4-11(10)14/h1-4,8-9,13-14H,5-7H2. The molecule has 1 fully saturated rings. The number of ether oxygens (including phenoxy) is 1. The number of nitrogens with one attached hydrogen (secondary N) is 1. The number of aromatic hydroxyl groups is 1. The van der Waals surface area contributed by atoms with E-state index in [4.69, 9.17) is 16.3 Å². The van der Waals surface area contributed by atoms with Crippen molar-refractivity contribution < 1.29 is 9.84 Å². The number of rotatable bonds is 2. The van der Waals surface area contributed by atoms with Gasteiger partial charge in [0.25, 0.3) is 0 Å². The van der Waals surface area contributed by atoms with E-state index in [2.05, 4.69) is 5.32 Å². The van der Waals surface area contributed by atoms with Crippen LogP contribution in [-0.2, 0) is 4.74 Å². The molecule has 15 heavy (non-hydrogen) atoms. The molecule has 1 aliphatic rings. The van der Waals surface area contributed by atoms with Crippen LogP contribution in [-0.4, -0.2) is 29.7 Å². The molecular weight excluding hydrogens is 214 g/mol. The third kappa shape index (κ3) is 2.55. The lowest BCUT2D eigenvalue weighted by Gasteiger charge is -2.29. The second-order valence-electron chi connectivity index (χ2n) is 3.65. The Kier molecular flexibility index (Phi) is 3.34. The van der Waals surface area contributed by atoms with Crippen molar-refractivity contribution >= 4 is 17.3 Å². The molecule has 0 saturated carbocycles. The molecule has 0 radical (unpaired) electrons. The molecular formula is C11H14ClNO2. The van der Waals surface area contributed by atoms with Gasteiger partial charge in [-0.1, -0.05) is 12.1 Å². The number of alkyl halides is 1. The van der Waals surface area contributed by atoms with Crippen molar-refractivity contribution in [1.82, 2.24) is 0 Å². The summed E-state index contributed by atoms with van der Waals surface area (Å²) < 4.78 is 5.25. The smallest absolute Gasteiger partial charge is 0.138 e. The van der Waals surface area contributed by atoms with Crippen molar-refractivity contribution in [2.75, 3.05) is 18.5 Å². The number of benzene rings is 1. The number of phenols is 1. The maximum absolute atomic E-state index is 9.59. The van der Waals surface area contributed by atoms with E-state index in [-0.39, 0.29) is 17.2 Å². The van der Waals surface area contributed by atoms with Gasteiger partial charge >= 0.3 is 0 Å². The number of para-hydroxylation sites is 2. The molecule has 1 aromatic rings. The maximum atomic E-state index is 9.59. The van der Waals surface area contributed by atoms with Crippen molar-refractivity contribution in [3.05, 3.63) is 24.3 Å². The fourth-order valence-electron chi connectivity index (χ4n) is 1.66. The Balaban J connectivity index is 2.04. The van der Waals surface area contributed by atoms with E-state index in [1.54, 1.807) is 12.1 Å². The minimum Gasteiger partial charge on any atom is -0.506 e. The van der Waals surface area contributed by atoms with Gasteiger partial charge in [0.15, 0.2) is 0 Å². The lowest BCUT2D eigenvalue weighted by molar-refractivity contribution is 0.0935. The Morgan fingerprint density at radius 1 is 1.40 bits per heavy atom. The predicted octanol–water partition coefficient (Wildman–Crippen LogP) is 2.20. The molecule has 82 valence electrons. The number of anilines is 1. The van der Waals surface area contributed by atoms with Gasteiger partial charge in [0.05, 0.1) is 17.7 Å². The normalized spacial score (nSPS) is 26.2. The summed E-state index contributed by atoms with van der Waals surface area (Å²) in [5.41, 5.74) is 0.732. The lowest BCUT2D eigenvalue weighted by atomic mass is 10.1. The van der Waals surface area contributed by atoms with Crippen LogP contribution in [0.4, 0.5) is 5.69 Å². The number of phenolic OH excluding ortho intramolecular Hbond substituents is 1. The average molecular weight is 228 g/mol. The molecule has 1 saturated heterocycles. The monoisotopic (exact) mass is 227 g/mol. The Labute approximate surface area is 94.0 Å². The summed E-state index contributed by atoms with van der Waals surface area (Å²) in [4.78, 5) is 0. The first-order chi connectivity index (χ1) is 7.27. The molecule has 2 unspecified atom stereocenters. The molecule has 0 spiro atoms. The first kappa shape index (κ1) is 10.6. The Hall–Kier alpha value is -0.930. The molecule has 0 amide bonds. The number of hydrogen-bond donors (Lipinski definition) is 2. The van der Waals surface area contributed by atoms with Crippen LogP contribution in [0.3, 0.4) is 0 Å². The first-order valence-corrected chi connectivity index (χ1v) is 5.47. The van der Waals surface area contributed by atoms with Crippen molar-refractivity contribution in [3.8, 4) is 5.75 Å². The third-order valence-electron chi connectivity index (χ3n) is 2.53. The minimum absolute atomic E-state index is 0.0432. The van der Waals surface area contributed by atoms with Crippen molar-refractivity contribution in [1.29, 1.82) is 0 Å². The van der Waals surface area contributed by atoms with E-state index in [9.17, 15) is 5.11 Å². The molecule has 1 aromatic carbocycles. The second-order valence-corrected chi connectivity index (χ2v) is 4.21. The average Bonchev–Trinajstić information content (AvgIpc) is 2.24. The van der Waals surface area contributed by atoms with E-state index in [0.717, 1.165) is 12.1 Å². The van der Waals surface area contributed by atoms with Crippen LogP contribution in [0.5, 0.6) is 5.75 Å². The van der Waals surface area contributed by atoms with Gasteiger partial charge in [0, 0.05) is 12.6 Å². The summed E-state index contributed by atoms with van der Waals surface area (Å²) in [6, 6.07) is 7.33. The van der Waals surface area contributed by atoms with Crippen LogP contribution in [0, 0.1) is 0 Å². The summed E-state index contributed by atoms with van der Waals surface area (Å²) in [6.07, 6.45) is 0.864. The molecule has 2 rings (SSSR count). The summed E-state index contributed by atoms with van der Waals surface area (Å²) in [6.45, 7) is 1.28.